The van der Waals surface area contributed by atoms with Crippen molar-refractivity contribution in [2.75, 3.05) is 0 Å². The highest BCUT2D eigenvalue weighted by Crippen LogP contribution is 1.91. The van der Waals surface area contributed by atoms with Crippen molar-refractivity contribution < 1.29 is 5.11 Å². The lowest BCUT2D eigenvalue weighted by atomic mass is 10.2. The molecule has 0 saturated carbocycles. The van der Waals surface area contributed by atoms with Crippen molar-refractivity contribution in [3.63, 3.8) is 0 Å². The number of hydrogen-bond acceptors (Lipinski definition) is 1. The van der Waals surface area contributed by atoms with Crippen molar-refractivity contribution in [2.24, 2.45) is 0 Å². The molecule has 0 aliphatic heterocycles. The molecule has 0 spiro atoms. The Morgan fingerprint density at radius 3 is 2.44 bits per heavy atom. The van der Waals surface area contributed by atoms with Crippen molar-refractivity contribution in [1.82, 2.24) is 0 Å². The van der Waals surface area contributed by atoms with Crippen LogP contribution >= 0.6 is 0 Å². The van der Waals surface area contributed by atoms with Gasteiger partial charge in [-0.3, -0.25) is 0 Å². The third kappa shape index (κ3) is 1.40. The van der Waals surface area contributed by atoms with E-state index in [0.717, 1.165) is 10.8 Å². The Morgan fingerprint density at radius 2 is 2.00 bits per heavy atom. The van der Waals surface area contributed by atoms with E-state index in [1.54, 1.807) is 0 Å². The topological polar surface area (TPSA) is 20.2 Å². The van der Waals surface area contributed by atoms with Gasteiger partial charge in [-0.05, 0) is 5.56 Å². The zero-order chi connectivity index (χ0) is 6.69. The fraction of sp³-hybridized carbons (Fsp3) is 0.143. The van der Waals surface area contributed by atoms with Gasteiger partial charge in [0.15, 0.2) is 0 Å². The summed E-state index contributed by atoms with van der Waals surface area (Å²) in [5.74, 6) is 0. The van der Waals surface area contributed by atoms with Crippen molar-refractivity contribution in [3.8, 4) is 0 Å². The zero-order valence-corrected chi connectivity index (χ0v) is 5.96. The molecule has 0 unspecified atom stereocenters. The van der Waals surface area contributed by atoms with Gasteiger partial charge < -0.3 is 5.11 Å². The second-order valence-corrected chi connectivity index (χ2v) is 2.35. The minimum absolute atomic E-state index is 0.0969. The van der Waals surface area contributed by atoms with Gasteiger partial charge in [0.2, 0.25) is 0 Å². The third-order valence-electron chi connectivity index (χ3n) is 1.19. The number of aliphatic hydroxyl groups is 1. The van der Waals surface area contributed by atoms with Gasteiger partial charge in [-0.15, -0.1) is 0 Å². The first kappa shape index (κ1) is 6.52. The van der Waals surface area contributed by atoms with E-state index < -0.39 is 0 Å². The molecule has 1 nitrogen and oxygen atoms in total. The van der Waals surface area contributed by atoms with Crippen molar-refractivity contribution in [1.29, 1.82) is 0 Å². The van der Waals surface area contributed by atoms with Gasteiger partial charge in [-0.25, -0.2) is 0 Å². The first-order valence-corrected chi connectivity index (χ1v) is 3.25. The van der Waals surface area contributed by atoms with E-state index in [1.165, 1.54) is 0 Å². The van der Waals surface area contributed by atoms with Gasteiger partial charge in [0.1, 0.15) is 0 Å². The van der Waals surface area contributed by atoms with Crippen LogP contribution in [0.5, 0.6) is 0 Å². The average Bonchev–Trinajstić information content (AvgIpc) is 1.89. The summed E-state index contributed by atoms with van der Waals surface area (Å²) >= 11 is 0. The summed E-state index contributed by atoms with van der Waals surface area (Å²) < 4.78 is 0. The fourth-order valence-corrected chi connectivity index (χ4v) is 0.917. The van der Waals surface area contributed by atoms with E-state index in [-0.39, 0.29) is 6.61 Å². The molecule has 1 aromatic carbocycles. The summed E-state index contributed by atoms with van der Waals surface area (Å²) in [6.07, 6.45) is 0. The van der Waals surface area contributed by atoms with E-state index in [2.05, 4.69) is 10.2 Å². The van der Waals surface area contributed by atoms with Crippen LogP contribution in [0.25, 0.3) is 0 Å². The van der Waals surface area contributed by atoms with Crippen molar-refractivity contribution >= 4 is 15.4 Å². The lowest BCUT2D eigenvalue weighted by Crippen LogP contribution is -2.08. The van der Waals surface area contributed by atoms with E-state index in [9.17, 15) is 0 Å². The Kier molecular flexibility index (Phi) is 2.03. The Bertz CT molecular complexity index is 198. The maximum Gasteiger partial charge on any atom is 0.0716 e. The van der Waals surface area contributed by atoms with Crippen LogP contribution in [0.1, 0.15) is 5.56 Å². The molecule has 0 amide bonds. The molecule has 0 aliphatic rings. The van der Waals surface area contributed by atoms with Gasteiger partial charge >= 0.3 is 0 Å². The second-order valence-electron chi connectivity index (χ2n) is 1.82. The van der Waals surface area contributed by atoms with E-state index in [4.69, 9.17) is 5.11 Å². The molecule has 0 fully saturated rings. The van der Waals surface area contributed by atoms with E-state index >= 15 is 0 Å². The smallest absolute Gasteiger partial charge is 0.0716 e. The highest BCUT2D eigenvalue weighted by Gasteiger charge is 1.90. The zero-order valence-electron chi connectivity index (χ0n) is 4.96. The standard InChI is InChI=1S/C7H7OSi/c8-5-6-3-1-2-4-7(6)9/h1-4,8H,5H2. The molecular weight excluding hydrogens is 128 g/mol. The van der Waals surface area contributed by atoms with Gasteiger partial charge in [-0.1, -0.05) is 29.5 Å². The lowest BCUT2D eigenvalue weighted by molar-refractivity contribution is 0.283. The Hall–Kier alpha value is -0.603. The van der Waals surface area contributed by atoms with E-state index in [1.807, 2.05) is 24.3 Å². The van der Waals surface area contributed by atoms with Crippen LogP contribution in [0, 0.1) is 0 Å². The summed E-state index contributed by atoms with van der Waals surface area (Å²) in [5, 5.41) is 9.65. The van der Waals surface area contributed by atoms with Gasteiger partial charge in [-0.2, -0.15) is 0 Å². The first-order valence-electron chi connectivity index (χ1n) is 2.75. The summed E-state index contributed by atoms with van der Waals surface area (Å²) in [4.78, 5) is 0. The highest BCUT2D eigenvalue weighted by atomic mass is 28.1. The maximum absolute atomic E-state index is 8.69. The van der Waals surface area contributed by atoms with Crippen LogP contribution in [0.15, 0.2) is 24.3 Å². The molecule has 0 aliphatic carbocycles. The minimum Gasteiger partial charge on any atom is -0.392 e. The normalized spacial score (nSPS) is 9.56. The molecule has 45 valence electrons. The summed E-state index contributed by atoms with van der Waals surface area (Å²) in [7, 11) is 3.34. The predicted molar refractivity (Wildman–Crippen MR) is 37.8 cm³/mol. The van der Waals surface area contributed by atoms with Crippen LogP contribution < -0.4 is 5.19 Å². The number of hydrogen-bond donors (Lipinski definition) is 1. The predicted octanol–water partition coefficient (Wildman–Crippen LogP) is -0.0273. The number of aliphatic hydroxyl groups excluding tert-OH is 1. The lowest BCUT2D eigenvalue weighted by Gasteiger charge is -1.97. The van der Waals surface area contributed by atoms with Crippen LogP contribution in [-0.4, -0.2) is 15.3 Å². The molecule has 1 rings (SSSR count). The van der Waals surface area contributed by atoms with Gasteiger partial charge in [0, 0.05) is 0 Å². The van der Waals surface area contributed by atoms with Crippen molar-refractivity contribution in [3.05, 3.63) is 29.8 Å². The largest absolute Gasteiger partial charge is 0.392 e. The molecule has 2 heteroatoms. The third-order valence-corrected chi connectivity index (χ3v) is 1.68. The van der Waals surface area contributed by atoms with Gasteiger partial charge in [0.25, 0.3) is 0 Å². The highest BCUT2D eigenvalue weighted by molar-refractivity contribution is 6.33. The monoisotopic (exact) mass is 135 g/mol. The Morgan fingerprint density at radius 1 is 1.33 bits per heavy atom. The van der Waals surface area contributed by atoms with Crippen LogP contribution in [-0.2, 0) is 6.61 Å². The summed E-state index contributed by atoms with van der Waals surface area (Å²) in [6.45, 7) is 0.0969. The Labute approximate surface area is 57.8 Å². The second kappa shape index (κ2) is 2.80. The first-order chi connectivity index (χ1) is 4.34. The number of benzene rings is 1. The van der Waals surface area contributed by atoms with Crippen LogP contribution in [0.4, 0.5) is 0 Å². The quantitative estimate of drug-likeness (QED) is 0.536. The van der Waals surface area contributed by atoms with Crippen molar-refractivity contribution in [2.45, 2.75) is 6.61 Å². The molecule has 0 aromatic heterocycles. The molecule has 0 heterocycles. The molecule has 1 N–H and O–H groups in total. The fourth-order valence-electron chi connectivity index (χ4n) is 0.658. The average molecular weight is 135 g/mol. The van der Waals surface area contributed by atoms with Gasteiger partial charge in [0.05, 0.1) is 16.8 Å². The SMILES string of the molecule is OCc1ccccc1[Si]. The summed E-state index contributed by atoms with van der Waals surface area (Å²) in [6, 6.07) is 7.60. The minimum atomic E-state index is 0.0969. The molecule has 0 bridgehead atoms. The molecule has 0 atom stereocenters. The Balaban J connectivity index is 3.01. The summed E-state index contributed by atoms with van der Waals surface area (Å²) in [5.41, 5.74) is 0.925. The van der Waals surface area contributed by atoms with Crippen LogP contribution in [0.3, 0.4) is 0 Å². The molecule has 3 radical (unpaired) electrons. The number of rotatable bonds is 1. The molecule has 0 saturated heterocycles. The van der Waals surface area contributed by atoms with Crippen LogP contribution in [0.2, 0.25) is 0 Å². The van der Waals surface area contributed by atoms with E-state index in [0.29, 0.717) is 0 Å². The maximum atomic E-state index is 8.69. The molecular formula is C7H7OSi. The molecule has 9 heavy (non-hydrogen) atoms. The molecule has 1 aromatic rings.